The molecular formula is C77H144O6. The van der Waals surface area contributed by atoms with Crippen LogP contribution in [0.15, 0.2) is 36.5 Å². The first-order valence-corrected chi connectivity index (χ1v) is 37.5. The van der Waals surface area contributed by atoms with Gasteiger partial charge in [-0.1, -0.05) is 359 Å². The average Bonchev–Trinajstić information content (AvgIpc) is 3.49. The molecule has 0 amide bonds. The molecular weight excluding hydrogens is 1020 g/mol. The van der Waals surface area contributed by atoms with E-state index in [1.807, 2.05) is 0 Å². The first-order valence-electron chi connectivity index (χ1n) is 37.5. The molecule has 0 spiro atoms. The van der Waals surface area contributed by atoms with Gasteiger partial charge in [0.15, 0.2) is 6.10 Å². The van der Waals surface area contributed by atoms with E-state index in [1.54, 1.807) is 0 Å². The molecule has 6 heteroatoms. The van der Waals surface area contributed by atoms with Gasteiger partial charge in [0.1, 0.15) is 13.2 Å². The van der Waals surface area contributed by atoms with E-state index >= 15 is 0 Å². The summed E-state index contributed by atoms with van der Waals surface area (Å²) in [7, 11) is 0. The number of rotatable bonds is 70. The number of carbonyl (C=O) groups excluding carboxylic acids is 3. The van der Waals surface area contributed by atoms with Crippen LogP contribution in [0, 0.1) is 0 Å². The van der Waals surface area contributed by atoms with E-state index < -0.39 is 6.10 Å². The van der Waals surface area contributed by atoms with Gasteiger partial charge in [-0.15, -0.1) is 0 Å². The van der Waals surface area contributed by atoms with Crippen molar-refractivity contribution >= 4 is 17.9 Å². The van der Waals surface area contributed by atoms with Crippen LogP contribution < -0.4 is 0 Å². The van der Waals surface area contributed by atoms with Crippen LogP contribution in [-0.2, 0) is 28.6 Å². The fraction of sp³-hybridized carbons (Fsp3) is 0.883. The molecule has 0 radical (unpaired) electrons. The van der Waals surface area contributed by atoms with Gasteiger partial charge in [-0.3, -0.25) is 14.4 Å². The summed E-state index contributed by atoms with van der Waals surface area (Å²) in [6.45, 7) is 6.68. The maximum absolute atomic E-state index is 13.0. The third kappa shape index (κ3) is 70.3. The summed E-state index contributed by atoms with van der Waals surface area (Å²) in [5.41, 5.74) is 0. The number of hydrogen-bond acceptors (Lipinski definition) is 6. The molecule has 0 N–H and O–H groups in total. The normalized spacial score (nSPS) is 12.2. The van der Waals surface area contributed by atoms with Crippen molar-refractivity contribution in [1.29, 1.82) is 0 Å². The van der Waals surface area contributed by atoms with Gasteiger partial charge in [0.2, 0.25) is 0 Å². The Hall–Kier alpha value is -2.37. The van der Waals surface area contributed by atoms with Gasteiger partial charge in [0.05, 0.1) is 0 Å². The maximum atomic E-state index is 13.0. The predicted octanol–water partition coefficient (Wildman–Crippen LogP) is 25.9. The Kier molecular flexibility index (Phi) is 70.0. The van der Waals surface area contributed by atoms with Crippen molar-refractivity contribution in [3.8, 4) is 0 Å². The van der Waals surface area contributed by atoms with E-state index in [0.29, 0.717) is 19.3 Å². The highest BCUT2D eigenvalue weighted by molar-refractivity contribution is 5.71. The summed E-state index contributed by atoms with van der Waals surface area (Å²) >= 11 is 0. The van der Waals surface area contributed by atoms with Gasteiger partial charge < -0.3 is 14.2 Å². The molecule has 1 unspecified atom stereocenters. The molecule has 1 atom stereocenters. The molecule has 0 aromatic heterocycles. The summed E-state index contributed by atoms with van der Waals surface area (Å²) in [5, 5.41) is 0. The molecule has 0 aromatic carbocycles. The lowest BCUT2D eigenvalue weighted by molar-refractivity contribution is -0.167. The van der Waals surface area contributed by atoms with Gasteiger partial charge in [-0.2, -0.15) is 0 Å². The Balaban J connectivity index is 4.17. The highest BCUT2D eigenvalue weighted by Crippen LogP contribution is 2.19. The van der Waals surface area contributed by atoms with E-state index in [4.69, 9.17) is 14.2 Å². The van der Waals surface area contributed by atoms with Crippen molar-refractivity contribution < 1.29 is 28.6 Å². The molecule has 0 aliphatic carbocycles. The van der Waals surface area contributed by atoms with Crippen molar-refractivity contribution in [3.05, 3.63) is 36.5 Å². The smallest absolute Gasteiger partial charge is 0.306 e. The maximum Gasteiger partial charge on any atom is 0.306 e. The Labute approximate surface area is 518 Å². The molecule has 83 heavy (non-hydrogen) atoms. The number of unbranched alkanes of at least 4 members (excludes halogenated alkanes) is 53. The van der Waals surface area contributed by atoms with Crippen molar-refractivity contribution in [1.82, 2.24) is 0 Å². The summed E-state index contributed by atoms with van der Waals surface area (Å²) in [5.74, 6) is -0.855. The van der Waals surface area contributed by atoms with Gasteiger partial charge in [-0.05, 0) is 77.0 Å². The third-order valence-corrected chi connectivity index (χ3v) is 17.1. The number of ether oxygens (including phenoxy) is 3. The summed E-state index contributed by atoms with van der Waals surface area (Å²) in [6, 6.07) is 0. The molecule has 0 heterocycles. The lowest BCUT2D eigenvalue weighted by Gasteiger charge is -2.18. The van der Waals surface area contributed by atoms with Crippen LogP contribution in [0.1, 0.15) is 419 Å². The van der Waals surface area contributed by atoms with Crippen molar-refractivity contribution in [2.45, 2.75) is 425 Å². The van der Waals surface area contributed by atoms with Gasteiger partial charge >= 0.3 is 17.9 Å². The molecule has 0 rings (SSSR count). The summed E-state index contributed by atoms with van der Waals surface area (Å²) in [4.78, 5) is 38.5. The second-order valence-electron chi connectivity index (χ2n) is 25.6. The highest BCUT2D eigenvalue weighted by Gasteiger charge is 2.20. The fourth-order valence-electron chi connectivity index (χ4n) is 11.5. The quantitative estimate of drug-likeness (QED) is 0.0261. The standard InChI is InChI=1S/C77H144O6/c1-4-7-10-13-16-19-22-25-28-30-32-33-34-35-36-37-38-39-40-41-42-43-45-46-49-52-55-58-61-64-67-70-76(79)82-73-74(72-81-75(78)69-66-63-60-57-54-51-48-27-24-21-18-15-12-9-6-3)83-77(80)71-68-65-62-59-56-53-50-47-44-31-29-26-23-20-17-14-11-8-5-2/h17,20,26-27,29,48,74H,4-16,18-19,21-25,28,30-47,49-73H2,1-3H3/b20-17-,29-26-,48-27-. The topological polar surface area (TPSA) is 78.9 Å². The molecule has 0 aliphatic heterocycles. The van der Waals surface area contributed by atoms with Gasteiger partial charge in [0.25, 0.3) is 0 Å². The fourth-order valence-corrected chi connectivity index (χ4v) is 11.5. The first kappa shape index (κ1) is 80.6. The largest absolute Gasteiger partial charge is 0.462 e. The van der Waals surface area contributed by atoms with Crippen molar-refractivity contribution in [2.75, 3.05) is 13.2 Å². The molecule has 0 aliphatic rings. The average molecular weight is 1170 g/mol. The molecule has 488 valence electrons. The predicted molar refractivity (Wildman–Crippen MR) is 362 cm³/mol. The molecule has 0 saturated carbocycles. The zero-order valence-electron chi connectivity index (χ0n) is 56.2. The van der Waals surface area contributed by atoms with E-state index in [0.717, 1.165) is 70.6 Å². The Morgan fingerprint density at radius 2 is 0.434 bits per heavy atom. The lowest BCUT2D eigenvalue weighted by Crippen LogP contribution is -2.30. The summed E-state index contributed by atoms with van der Waals surface area (Å²) in [6.07, 6.45) is 90.5. The minimum atomic E-state index is -0.777. The van der Waals surface area contributed by atoms with Crippen molar-refractivity contribution in [2.24, 2.45) is 0 Å². The van der Waals surface area contributed by atoms with Crippen LogP contribution in [0.4, 0.5) is 0 Å². The monoisotopic (exact) mass is 1170 g/mol. The second kappa shape index (κ2) is 72.1. The Morgan fingerprint density at radius 1 is 0.241 bits per heavy atom. The van der Waals surface area contributed by atoms with E-state index in [1.165, 1.54) is 308 Å². The van der Waals surface area contributed by atoms with Crippen LogP contribution in [0.2, 0.25) is 0 Å². The molecule has 0 aromatic rings. The summed E-state index contributed by atoms with van der Waals surface area (Å²) < 4.78 is 17.0. The van der Waals surface area contributed by atoms with Crippen LogP contribution in [-0.4, -0.2) is 37.2 Å². The molecule has 0 saturated heterocycles. The van der Waals surface area contributed by atoms with Crippen LogP contribution in [0.25, 0.3) is 0 Å². The lowest BCUT2D eigenvalue weighted by atomic mass is 10.0. The van der Waals surface area contributed by atoms with Crippen LogP contribution in [0.3, 0.4) is 0 Å². The SMILES string of the molecule is CCCCC/C=C\C/C=C\CCCCCCCCCCCC(=O)OC(COC(=O)CCCCCCC/C=C\CCCCCCCC)COC(=O)CCCCCCCCCCCCCCCCCCCCCCCCCCCCCCCCC. The highest BCUT2D eigenvalue weighted by atomic mass is 16.6. The number of esters is 3. The van der Waals surface area contributed by atoms with E-state index in [9.17, 15) is 14.4 Å². The molecule has 0 fully saturated rings. The van der Waals surface area contributed by atoms with E-state index in [2.05, 4.69) is 57.2 Å². The number of allylic oxidation sites excluding steroid dienone is 6. The minimum absolute atomic E-state index is 0.0717. The zero-order valence-corrected chi connectivity index (χ0v) is 56.2. The number of hydrogen-bond donors (Lipinski definition) is 0. The number of carbonyl (C=O) groups is 3. The van der Waals surface area contributed by atoms with Gasteiger partial charge in [-0.25, -0.2) is 0 Å². The second-order valence-corrected chi connectivity index (χ2v) is 25.6. The Bertz CT molecular complexity index is 1380. The first-order chi connectivity index (χ1) is 41.0. The Morgan fingerprint density at radius 3 is 0.699 bits per heavy atom. The zero-order chi connectivity index (χ0) is 59.9. The molecule has 6 nitrogen and oxygen atoms in total. The van der Waals surface area contributed by atoms with Crippen molar-refractivity contribution in [3.63, 3.8) is 0 Å². The van der Waals surface area contributed by atoms with Gasteiger partial charge in [0, 0.05) is 19.3 Å². The van der Waals surface area contributed by atoms with E-state index in [-0.39, 0.29) is 31.1 Å². The third-order valence-electron chi connectivity index (χ3n) is 17.1. The van der Waals surface area contributed by atoms with Crippen LogP contribution >= 0.6 is 0 Å². The molecule has 0 bridgehead atoms. The minimum Gasteiger partial charge on any atom is -0.462 e. The van der Waals surface area contributed by atoms with Crippen LogP contribution in [0.5, 0.6) is 0 Å².